The molecule has 0 amide bonds. The van der Waals surface area contributed by atoms with Crippen molar-refractivity contribution in [1.29, 1.82) is 0 Å². The Balaban J connectivity index is 2.26. The van der Waals surface area contributed by atoms with E-state index in [1.165, 1.54) is 11.1 Å². The Morgan fingerprint density at radius 3 is 2.59 bits per heavy atom. The van der Waals surface area contributed by atoms with Crippen LogP contribution in [0.3, 0.4) is 0 Å². The van der Waals surface area contributed by atoms with Crippen molar-refractivity contribution in [2.24, 2.45) is 0 Å². The van der Waals surface area contributed by atoms with E-state index in [-0.39, 0.29) is 0 Å². The molecule has 17 heavy (non-hydrogen) atoms. The molecule has 2 heteroatoms. The second kappa shape index (κ2) is 7.10. The molecule has 0 saturated carbocycles. The molecule has 0 atom stereocenters. The molecule has 1 aromatic rings. The highest BCUT2D eigenvalue weighted by molar-refractivity contribution is 5.07. The van der Waals surface area contributed by atoms with Crippen LogP contribution < -0.4 is 0 Å². The summed E-state index contributed by atoms with van der Waals surface area (Å²) in [7, 11) is 0. The highest BCUT2D eigenvalue weighted by atomic mass is 16.5. The van der Waals surface area contributed by atoms with Crippen LogP contribution in [0.2, 0.25) is 0 Å². The molecule has 94 valence electrons. The van der Waals surface area contributed by atoms with Crippen molar-refractivity contribution in [3.05, 3.63) is 40.8 Å². The highest BCUT2D eigenvalue weighted by Gasteiger charge is 1.98. The van der Waals surface area contributed by atoms with Crippen LogP contribution in [0.25, 0.3) is 0 Å². The molecule has 2 nitrogen and oxygen atoms in total. The molecule has 0 unspecified atom stereocenters. The maximum absolute atomic E-state index is 5.03. The van der Waals surface area contributed by atoms with E-state index < -0.39 is 0 Å². The topological polar surface area (TPSA) is 26.0 Å². The minimum Gasteiger partial charge on any atom is -0.361 e. The molecule has 0 radical (unpaired) electrons. The molecule has 0 aliphatic heterocycles. The first-order chi connectivity index (χ1) is 8.08. The lowest BCUT2D eigenvalue weighted by molar-refractivity contribution is 0.390. The zero-order valence-electron chi connectivity index (χ0n) is 11.4. The van der Waals surface area contributed by atoms with Gasteiger partial charge in [-0.3, -0.25) is 0 Å². The van der Waals surface area contributed by atoms with E-state index in [9.17, 15) is 0 Å². The van der Waals surface area contributed by atoms with Gasteiger partial charge in [0.25, 0.3) is 0 Å². The molecule has 1 aromatic heterocycles. The van der Waals surface area contributed by atoms with Crippen LogP contribution in [0.1, 0.15) is 51.5 Å². The summed E-state index contributed by atoms with van der Waals surface area (Å²) in [6.45, 7) is 8.42. The third-order valence-corrected chi connectivity index (χ3v) is 2.66. The van der Waals surface area contributed by atoms with Crippen LogP contribution in [0.5, 0.6) is 0 Å². The first-order valence-electron chi connectivity index (χ1n) is 6.29. The van der Waals surface area contributed by atoms with E-state index in [1.54, 1.807) is 0 Å². The summed E-state index contributed by atoms with van der Waals surface area (Å²) in [5.41, 5.74) is 3.91. The average molecular weight is 233 g/mol. The molecular weight excluding hydrogens is 210 g/mol. The fraction of sp³-hybridized carbons (Fsp3) is 0.533. The Bertz CT molecular complexity index is 395. The molecule has 0 spiro atoms. The molecule has 0 aliphatic rings. The third-order valence-electron chi connectivity index (χ3n) is 2.66. The van der Waals surface area contributed by atoms with Gasteiger partial charge in [0, 0.05) is 6.07 Å². The van der Waals surface area contributed by atoms with E-state index in [4.69, 9.17) is 4.52 Å². The van der Waals surface area contributed by atoms with Crippen LogP contribution in [-0.4, -0.2) is 5.16 Å². The molecular formula is C15H23NO. The number of hydrogen-bond acceptors (Lipinski definition) is 2. The van der Waals surface area contributed by atoms with Crippen LogP contribution in [0.15, 0.2) is 33.9 Å². The smallest absolute Gasteiger partial charge is 0.133 e. The largest absolute Gasteiger partial charge is 0.361 e. The Morgan fingerprint density at radius 1 is 1.24 bits per heavy atom. The van der Waals surface area contributed by atoms with E-state index in [0.717, 1.165) is 37.1 Å². The van der Waals surface area contributed by atoms with E-state index in [2.05, 4.69) is 38.1 Å². The molecule has 0 bridgehead atoms. The fourth-order valence-electron chi connectivity index (χ4n) is 1.69. The van der Waals surface area contributed by atoms with Crippen LogP contribution in [0.4, 0.5) is 0 Å². The van der Waals surface area contributed by atoms with Gasteiger partial charge in [0.15, 0.2) is 0 Å². The van der Waals surface area contributed by atoms with Crippen LogP contribution in [0, 0.1) is 6.92 Å². The van der Waals surface area contributed by atoms with Crippen molar-refractivity contribution in [2.75, 3.05) is 0 Å². The van der Waals surface area contributed by atoms with Gasteiger partial charge < -0.3 is 4.52 Å². The summed E-state index contributed by atoms with van der Waals surface area (Å²) in [5, 5.41) is 3.98. The van der Waals surface area contributed by atoms with Gasteiger partial charge >= 0.3 is 0 Å². The summed E-state index contributed by atoms with van der Waals surface area (Å²) in [5.74, 6) is 0.893. The molecule has 1 heterocycles. The van der Waals surface area contributed by atoms with E-state index >= 15 is 0 Å². The molecule has 0 N–H and O–H groups in total. The Labute approximate surface area is 104 Å². The van der Waals surface area contributed by atoms with Crippen LogP contribution in [-0.2, 0) is 6.42 Å². The average Bonchev–Trinajstić information content (AvgIpc) is 2.63. The van der Waals surface area contributed by atoms with Crippen molar-refractivity contribution in [2.45, 2.75) is 53.4 Å². The maximum atomic E-state index is 5.03. The first-order valence-corrected chi connectivity index (χ1v) is 6.29. The molecule has 1 rings (SSSR count). The Kier molecular flexibility index (Phi) is 5.75. The highest BCUT2D eigenvalue weighted by Crippen LogP contribution is 2.10. The van der Waals surface area contributed by atoms with Gasteiger partial charge in [-0.15, -0.1) is 0 Å². The van der Waals surface area contributed by atoms with Gasteiger partial charge in [-0.1, -0.05) is 28.5 Å². The van der Waals surface area contributed by atoms with Crippen molar-refractivity contribution in [3.8, 4) is 0 Å². The summed E-state index contributed by atoms with van der Waals surface area (Å²) >= 11 is 0. The summed E-state index contributed by atoms with van der Waals surface area (Å²) in [6.07, 6.45) is 8.92. The van der Waals surface area contributed by atoms with Gasteiger partial charge in [0.05, 0.1) is 5.69 Å². The second-order valence-corrected chi connectivity index (χ2v) is 4.84. The number of aromatic nitrogens is 1. The van der Waals surface area contributed by atoms with Gasteiger partial charge in [-0.05, 0) is 53.4 Å². The van der Waals surface area contributed by atoms with Gasteiger partial charge in [0.1, 0.15) is 5.76 Å². The summed E-state index contributed by atoms with van der Waals surface area (Å²) in [4.78, 5) is 0. The summed E-state index contributed by atoms with van der Waals surface area (Å²) < 4.78 is 5.03. The van der Waals surface area contributed by atoms with Gasteiger partial charge in [-0.25, -0.2) is 0 Å². The van der Waals surface area contributed by atoms with Gasteiger partial charge in [-0.2, -0.15) is 0 Å². The number of allylic oxidation sites excluding steroid dienone is 4. The van der Waals surface area contributed by atoms with Crippen molar-refractivity contribution < 1.29 is 4.52 Å². The molecule has 0 aromatic carbocycles. The first kappa shape index (κ1) is 13.8. The standard InChI is InChI=1S/C15H23NO/c1-12(2)7-5-8-13(3)9-6-10-15-11-14(4)17-16-15/h7,9,11H,5-6,8,10H2,1-4H3. The lowest BCUT2D eigenvalue weighted by atomic mass is 10.1. The van der Waals surface area contributed by atoms with Gasteiger partial charge in [0.2, 0.25) is 0 Å². The maximum Gasteiger partial charge on any atom is 0.133 e. The zero-order valence-corrected chi connectivity index (χ0v) is 11.4. The normalized spacial score (nSPS) is 11.6. The van der Waals surface area contributed by atoms with Crippen molar-refractivity contribution in [3.63, 3.8) is 0 Å². The predicted octanol–water partition coefficient (Wildman–Crippen LogP) is 4.61. The predicted molar refractivity (Wildman–Crippen MR) is 72.0 cm³/mol. The van der Waals surface area contributed by atoms with E-state index in [1.807, 2.05) is 13.0 Å². The third kappa shape index (κ3) is 6.10. The monoisotopic (exact) mass is 233 g/mol. The zero-order chi connectivity index (χ0) is 12.7. The minimum atomic E-state index is 0.893. The SMILES string of the molecule is CC(C)=CCCC(C)=CCCc1cc(C)on1. The number of aryl methyl sites for hydroxylation is 2. The molecule has 0 aliphatic carbocycles. The van der Waals surface area contributed by atoms with Crippen molar-refractivity contribution in [1.82, 2.24) is 5.16 Å². The second-order valence-electron chi connectivity index (χ2n) is 4.84. The Hall–Kier alpha value is -1.31. The molecule has 0 fully saturated rings. The Morgan fingerprint density at radius 2 is 2.00 bits per heavy atom. The number of nitrogens with zero attached hydrogens (tertiary/aromatic N) is 1. The quantitative estimate of drug-likeness (QED) is 0.671. The lowest BCUT2D eigenvalue weighted by Crippen LogP contribution is -1.84. The van der Waals surface area contributed by atoms with Crippen molar-refractivity contribution >= 4 is 0 Å². The fourth-order valence-corrected chi connectivity index (χ4v) is 1.69. The number of rotatable bonds is 6. The lowest BCUT2D eigenvalue weighted by Gasteiger charge is -1.98. The molecule has 0 saturated heterocycles. The summed E-state index contributed by atoms with van der Waals surface area (Å²) in [6, 6.07) is 2.01. The van der Waals surface area contributed by atoms with Crippen LogP contribution >= 0.6 is 0 Å². The number of hydrogen-bond donors (Lipinski definition) is 0. The van der Waals surface area contributed by atoms with E-state index in [0.29, 0.717) is 0 Å². The minimum absolute atomic E-state index is 0.893.